The molecule has 0 radical (unpaired) electrons. The van der Waals surface area contributed by atoms with E-state index in [2.05, 4.69) is 21.8 Å². The Hall–Kier alpha value is -1.69. The number of fused-ring (bicyclic) bond motifs is 2. The number of aromatic nitrogens is 2. The molecule has 0 aliphatic carbocycles. The first-order valence-electron chi connectivity index (χ1n) is 7.51. The molecule has 21 heavy (non-hydrogen) atoms. The molecule has 2 fully saturated rings. The molecule has 2 bridgehead atoms. The second kappa shape index (κ2) is 5.60. The molecule has 1 amide bonds. The zero-order chi connectivity index (χ0) is 15.0. The minimum absolute atomic E-state index is 0.0371. The number of ether oxygens (including phenoxy) is 1. The van der Waals surface area contributed by atoms with Crippen molar-refractivity contribution in [2.24, 2.45) is 5.92 Å². The van der Waals surface area contributed by atoms with Crippen LogP contribution < -0.4 is 4.90 Å². The predicted molar refractivity (Wildman–Crippen MR) is 79.1 cm³/mol. The van der Waals surface area contributed by atoms with Gasteiger partial charge in [0.25, 0.3) is 0 Å². The Morgan fingerprint density at radius 3 is 2.71 bits per heavy atom. The summed E-state index contributed by atoms with van der Waals surface area (Å²) in [5, 5.41) is 0. The van der Waals surface area contributed by atoms with E-state index >= 15 is 0 Å². The number of rotatable bonds is 3. The van der Waals surface area contributed by atoms with E-state index in [9.17, 15) is 4.79 Å². The smallest absolute Gasteiger partial charge is 0.227 e. The van der Waals surface area contributed by atoms with Crippen molar-refractivity contribution >= 4 is 11.9 Å². The normalized spacial score (nSPS) is 27.8. The van der Waals surface area contributed by atoms with E-state index in [0.29, 0.717) is 6.54 Å². The number of aryl methyl sites for hydroxylation is 1. The lowest BCUT2D eigenvalue weighted by molar-refractivity contribution is -0.134. The first-order chi connectivity index (χ1) is 10.1. The molecule has 6 heteroatoms. The molecule has 2 saturated heterocycles. The summed E-state index contributed by atoms with van der Waals surface area (Å²) in [5.41, 5.74) is 1.13. The number of morpholine rings is 1. The van der Waals surface area contributed by atoms with Crippen molar-refractivity contribution in [3.8, 4) is 0 Å². The van der Waals surface area contributed by atoms with E-state index in [1.54, 1.807) is 19.0 Å². The van der Waals surface area contributed by atoms with Gasteiger partial charge in [0.05, 0.1) is 18.1 Å². The van der Waals surface area contributed by atoms with E-state index in [1.165, 1.54) is 0 Å². The average Bonchev–Trinajstić information content (AvgIpc) is 2.80. The largest absolute Gasteiger partial charge is 0.370 e. The van der Waals surface area contributed by atoms with Crippen LogP contribution >= 0.6 is 0 Å². The van der Waals surface area contributed by atoms with Gasteiger partial charge in [0.15, 0.2) is 0 Å². The third-order valence-corrected chi connectivity index (χ3v) is 4.30. The summed E-state index contributed by atoms with van der Waals surface area (Å²) in [4.78, 5) is 24.9. The Bertz CT molecular complexity index is 517. The summed E-state index contributed by atoms with van der Waals surface area (Å²) < 4.78 is 5.93. The number of carbonyl (C=O) groups is 1. The van der Waals surface area contributed by atoms with Crippen molar-refractivity contribution in [1.82, 2.24) is 14.9 Å². The molecule has 0 N–H and O–H groups in total. The zero-order valence-corrected chi connectivity index (χ0v) is 12.8. The highest BCUT2D eigenvalue weighted by Gasteiger charge is 2.45. The number of amides is 1. The van der Waals surface area contributed by atoms with Gasteiger partial charge in [-0.05, 0) is 18.4 Å². The van der Waals surface area contributed by atoms with E-state index in [-0.39, 0.29) is 24.0 Å². The molecule has 3 rings (SSSR count). The first-order valence-corrected chi connectivity index (χ1v) is 7.51. The summed E-state index contributed by atoms with van der Waals surface area (Å²) in [5.74, 6) is 0.861. The van der Waals surface area contributed by atoms with Gasteiger partial charge in [-0.25, -0.2) is 9.97 Å². The van der Waals surface area contributed by atoms with Crippen molar-refractivity contribution in [2.45, 2.75) is 32.0 Å². The van der Waals surface area contributed by atoms with E-state index in [4.69, 9.17) is 4.74 Å². The van der Waals surface area contributed by atoms with Crippen LogP contribution in [0.1, 0.15) is 18.9 Å². The monoisotopic (exact) mass is 290 g/mol. The summed E-state index contributed by atoms with van der Waals surface area (Å²) in [6.45, 7) is 3.54. The molecule has 1 aromatic heterocycles. The summed E-state index contributed by atoms with van der Waals surface area (Å²) in [6, 6.07) is 0. The second-order valence-corrected chi connectivity index (χ2v) is 6.02. The van der Waals surface area contributed by atoms with E-state index < -0.39 is 0 Å². The van der Waals surface area contributed by atoms with Crippen LogP contribution in [0.2, 0.25) is 0 Å². The molecule has 114 valence electrons. The van der Waals surface area contributed by atoms with Crippen LogP contribution in [-0.2, 0) is 16.0 Å². The molecule has 0 saturated carbocycles. The Kier molecular flexibility index (Phi) is 3.80. The van der Waals surface area contributed by atoms with Crippen LogP contribution in [0.25, 0.3) is 0 Å². The molecule has 2 aliphatic rings. The zero-order valence-electron chi connectivity index (χ0n) is 12.8. The van der Waals surface area contributed by atoms with Crippen LogP contribution in [0.3, 0.4) is 0 Å². The molecular formula is C15H22N4O2. The van der Waals surface area contributed by atoms with Gasteiger partial charge in [0.2, 0.25) is 11.9 Å². The number of hydrogen-bond donors (Lipinski definition) is 0. The van der Waals surface area contributed by atoms with Crippen molar-refractivity contribution in [3.63, 3.8) is 0 Å². The molecule has 3 heterocycles. The molecule has 0 aromatic carbocycles. The predicted octanol–water partition coefficient (Wildman–Crippen LogP) is 0.721. The highest BCUT2D eigenvalue weighted by atomic mass is 16.5. The van der Waals surface area contributed by atoms with Gasteiger partial charge < -0.3 is 14.5 Å². The fraction of sp³-hybridized carbons (Fsp3) is 0.667. The van der Waals surface area contributed by atoms with E-state index in [0.717, 1.165) is 30.9 Å². The third kappa shape index (κ3) is 2.72. The number of nitrogens with zero attached hydrogens (tertiary/aromatic N) is 4. The Morgan fingerprint density at radius 2 is 2.10 bits per heavy atom. The minimum atomic E-state index is -0.0481. The lowest BCUT2D eigenvalue weighted by Crippen LogP contribution is -2.46. The van der Waals surface area contributed by atoms with Crippen molar-refractivity contribution in [3.05, 3.63) is 18.0 Å². The highest BCUT2D eigenvalue weighted by Crippen LogP contribution is 2.33. The fourth-order valence-electron chi connectivity index (χ4n) is 3.11. The molecule has 0 spiro atoms. The van der Waals surface area contributed by atoms with Gasteiger partial charge >= 0.3 is 0 Å². The highest BCUT2D eigenvalue weighted by molar-refractivity contribution is 5.79. The molecule has 2 aliphatic heterocycles. The van der Waals surface area contributed by atoms with Gasteiger partial charge in [0, 0.05) is 39.6 Å². The van der Waals surface area contributed by atoms with Crippen LogP contribution in [0.15, 0.2) is 12.4 Å². The lowest BCUT2D eigenvalue weighted by Gasteiger charge is -2.33. The van der Waals surface area contributed by atoms with Crippen LogP contribution in [0, 0.1) is 5.92 Å². The number of anilines is 1. The Morgan fingerprint density at radius 1 is 1.38 bits per heavy atom. The van der Waals surface area contributed by atoms with Crippen molar-refractivity contribution < 1.29 is 9.53 Å². The van der Waals surface area contributed by atoms with Crippen LogP contribution in [-0.4, -0.2) is 60.2 Å². The summed E-state index contributed by atoms with van der Waals surface area (Å²) in [7, 11) is 3.60. The number of carbonyl (C=O) groups excluding carboxylic acids is 1. The van der Waals surface area contributed by atoms with E-state index in [1.807, 2.05) is 12.4 Å². The SMILES string of the molecule is CCc1cnc(N2C[C@H]3C[C@H](C(=O)N(C)C)[C@@H](C2)O3)nc1. The van der Waals surface area contributed by atoms with Crippen molar-refractivity contribution in [2.75, 3.05) is 32.1 Å². The van der Waals surface area contributed by atoms with Gasteiger partial charge in [-0.3, -0.25) is 4.79 Å². The van der Waals surface area contributed by atoms with Crippen LogP contribution in [0.4, 0.5) is 5.95 Å². The van der Waals surface area contributed by atoms with Crippen molar-refractivity contribution in [1.29, 1.82) is 0 Å². The quantitative estimate of drug-likeness (QED) is 0.821. The minimum Gasteiger partial charge on any atom is -0.370 e. The third-order valence-electron chi connectivity index (χ3n) is 4.30. The number of hydrogen-bond acceptors (Lipinski definition) is 5. The Labute approximate surface area is 125 Å². The molecular weight excluding hydrogens is 268 g/mol. The molecule has 1 aromatic rings. The molecule has 6 nitrogen and oxygen atoms in total. The first kappa shape index (κ1) is 14.3. The van der Waals surface area contributed by atoms with Crippen LogP contribution in [0.5, 0.6) is 0 Å². The molecule has 0 unspecified atom stereocenters. The van der Waals surface area contributed by atoms with Gasteiger partial charge in [-0.15, -0.1) is 0 Å². The standard InChI is InChI=1S/C15H22N4O2/c1-4-10-6-16-15(17-7-10)19-8-11-5-12(13(9-19)21-11)14(20)18(2)3/h6-7,11-13H,4-5,8-9H2,1-3H3/t11-,12+,13-/m1/s1. The van der Waals surface area contributed by atoms with Gasteiger partial charge in [-0.1, -0.05) is 6.92 Å². The lowest BCUT2D eigenvalue weighted by atomic mass is 9.99. The topological polar surface area (TPSA) is 58.6 Å². The maximum Gasteiger partial charge on any atom is 0.227 e. The fourth-order valence-corrected chi connectivity index (χ4v) is 3.11. The molecule has 3 atom stereocenters. The Balaban J connectivity index is 1.73. The summed E-state index contributed by atoms with van der Waals surface area (Å²) in [6.07, 6.45) is 5.55. The maximum atomic E-state index is 12.2. The van der Waals surface area contributed by atoms with Gasteiger partial charge in [-0.2, -0.15) is 0 Å². The van der Waals surface area contributed by atoms with Gasteiger partial charge in [0.1, 0.15) is 0 Å². The summed E-state index contributed by atoms with van der Waals surface area (Å²) >= 11 is 0. The average molecular weight is 290 g/mol. The second-order valence-electron chi connectivity index (χ2n) is 6.02. The maximum absolute atomic E-state index is 12.2.